The normalized spacial score (nSPS) is 19.1. The van der Waals surface area contributed by atoms with Crippen molar-refractivity contribution in [2.75, 3.05) is 12.8 Å². The van der Waals surface area contributed by atoms with Gasteiger partial charge in [0.15, 0.2) is 0 Å². The number of nitrogens with one attached hydrogen (secondary N) is 1. The number of thioether (sulfide) groups is 1. The molecule has 0 amide bonds. The first-order valence-corrected chi connectivity index (χ1v) is 8.07. The van der Waals surface area contributed by atoms with Crippen molar-refractivity contribution in [1.29, 1.82) is 0 Å². The third-order valence-electron chi connectivity index (χ3n) is 3.42. The van der Waals surface area contributed by atoms with Gasteiger partial charge in [-0.05, 0) is 43.8 Å². The second-order valence-corrected chi connectivity index (χ2v) is 6.97. The van der Waals surface area contributed by atoms with Gasteiger partial charge in [0.05, 0.1) is 0 Å². The highest BCUT2D eigenvalue weighted by molar-refractivity contribution is 7.99. The van der Waals surface area contributed by atoms with Crippen LogP contribution in [0.1, 0.15) is 42.2 Å². The second-order valence-electron chi connectivity index (χ2n) is 4.51. The Morgan fingerprint density at radius 2 is 2.25 bits per heavy atom. The van der Waals surface area contributed by atoms with Gasteiger partial charge in [-0.25, -0.2) is 0 Å². The van der Waals surface area contributed by atoms with Crippen LogP contribution in [0.15, 0.2) is 11.4 Å². The Hall–Kier alpha value is 0.01000. The summed E-state index contributed by atoms with van der Waals surface area (Å²) in [6, 6.07) is 2.81. The first-order valence-electron chi connectivity index (χ1n) is 6.14. The predicted molar refractivity (Wildman–Crippen MR) is 75.6 cm³/mol. The zero-order valence-electron chi connectivity index (χ0n) is 10.2. The van der Waals surface area contributed by atoms with Gasteiger partial charge in [-0.3, -0.25) is 0 Å². The number of aryl methyl sites for hydroxylation is 1. The molecular formula is C13H21NS2. The zero-order valence-corrected chi connectivity index (χ0v) is 11.8. The Balaban J connectivity index is 1.88. The standard InChI is InChI=1S/C13H21NS2/c1-10-12(7-8-15-10)13(14-2)9-16-11-5-3-4-6-11/h7-8,11,13-14H,3-6,9H2,1-2H3. The van der Waals surface area contributed by atoms with E-state index in [1.807, 2.05) is 11.3 Å². The Morgan fingerprint density at radius 3 is 2.81 bits per heavy atom. The van der Waals surface area contributed by atoms with E-state index < -0.39 is 0 Å². The highest BCUT2D eigenvalue weighted by Crippen LogP contribution is 2.33. The van der Waals surface area contributed by atoms with Gasteiger partial charge in [-0.2, -0.15) is 11.8 Å². The third kappa shape index (κ3) is 3.02. The summed E-state index contributed by atoms with van der Waals surface area (Å²) in [5.41, 5.74) is 1.50. The molecule has 0 aliphatic heterocycles. The van der Waals surface area contributed by atoms with Crippen LogP contribution in [0.2, 0.25) is 0 Å². The zero-order chi connectivity index (χ0) is 11.4. The lowest BCUT2D eigenvalue weighted by Crippen LogP contribution is -2.20. The van der Waals surface area contributed by atoms with Gasteiger partial charge in [-0.1, -0.05) is 12.8 Å². The Labute approximate surface area is 107 Å². The lowest BCUT2D eigenvalue weighted by atomic mass is 10.1. The van der Waals surface area contributed by atoms with E-state index in [-0.39, 0.29) is 0 Å². The maximum Gasteiger partial charge on any atom is 0.0420 e. The molecule has 0 radical (unpaired) electrons. The molecule has 1 saturated carbocycles. The maximum absolute atomic E-state index is 3.46. The minimum Gasteiger partial charge on any atom is -0.312 e. The lowest BCUT2D eigenvalue weighted by Gasteiger charge is -2.18. The number of rotatable bonds is 5. The van der Waals surface area contributed by atoms with Crippen LogP contribution in [-0.4, -0.2) is 18.1 Å². The molecule has 1 aromatic rings. The van der Waals surface area contributed by atoms with Gasteiger partial charge in [0.2, 0.25) is 0 Å². The number of hydrogen-bond acceptors (Lipinski definition) is 3. The van der Waals surface area contributed by atoms with Crippen molar-refractivity contribution in [2.24, 2.45) is 0 Å². The van der Waals surface area contributed by atoms with E-state index in [4.69, 9.17) is 0 Å². The molecule has 1 nitrogen and oxygen atoms in total. The van der Waals surface area contributed by atoms with E-state index in [1.54, 1.807) is 0 Å². The van der Waals surface area contributed by atoms with Gasteiger partial charge in [0.25, 0.3) is 0 Å². The van der Waals surface area contributed by atoms with Crippen molar-refractivity contribution < 1.29 is 0 Å². The van der Waals surface area contributed by atoms with Crippen molar-refractivity contribution in [3.05, 3.63) is 21.9 Å². The van der Waals surface area contributed by atoms with Crippen LogP contribution in [0.5, 0.6) is 0 Å². The first-order chi connectivity index (χ1) is 7.81. The first kappa shape index (κ1) is 12.5. The Kier molecular flexibility index (Phi) is 4.74. The summed E-state index contributed by atoms with van der Waals surface area (Å²) in [5.74, 6) is 1.22. The molecule has 1 unspecified atom stereocenters. The van der Waals surface area contributed by atoms with Gasteiger partial charge >= 0.3 is 0 Å². The Bertz CT molecular complexity index is 315. The SMILES string of the molecule is CNC(CSC1CCCC1)c1ccsc1C. The van der Waals surface area contributed by atoms with Crippen molar-refractivity contribution in [3.8, 4) is 0 Å². The van der Waals surface area contributed by atoms with Crippen LogP contribution < -0.4 is 5.32 Å². The molecule has 90 valence electrons. The maximum atomic E-state index is 3.46. The minimum atomic E-state index is 0.539. The minimum absolute atomic E-state index is 0.539. The number of thiophene rings is 1. The van der Waals surface area contributed by atoms with Gasteiger partial charge in [-0.15, -0.1) is 11.3 Å². The largest absolute Gasteiger partial charge is 0.312 e. The van der Waals surface area contributed by atoms with E-state index >= 15 is 0 Å². The van der Waals surface area contributed by atoms with Crippen LogP contribution in [-0.2, 0) is 0 Å². The van der Waals surface area contributed by atoms with Crippen molar-refractivity contribution in [3.63, 3.8) is 0 Å². The van der Waals surface area contributed by atoms with E-state index in [2.05, 4.69) is 42.5 Å². The van der Waals surface area contributed by atoms with Crippen molar-refractivity contribution >= 4 is 23.1 Å². The summed E-state index contributed by atoms with van der Waals surface area (Å²) in [4.78, 5) is 1.46. The Morgan fingerprint density at radius 1 is 1.50 bits per heavy atom. The monoisotopic (exact) mass is 255 g/mol. The molecule has 1 aliphatic carbocycles. The summed E-state index contributed by atoms with van der Waals surface area (Å²) >= 11 is 4.02. The van der Waals surface area contributed by atoms with E-state index in [0.717, 1.165) is 5.25 Å². The molecule has 0 bridgehead atoms. The van der Waals surface area contributed by atoms with E-state index in [9.17, 15) is 0 Å². The molecule has 1 aromatic heterocycles. The van der Waals surface area contributed by atoms with Crippen molar-refractivity contribution in [2.45, 2.75) is 43.9 Å². The summed E-state index contributed by atoms with van der Waals surface area (Å²) < 4.78 is 0. The second kappa shape index (κ2) is 6.08. The molecule has 2 rings (SSSR count). The van der Waals surface area contributed by atoms with Crippen LogP contribution in [0.3, 0.4) is 0 Å². The lowest BCUT2D eigenvalue weighted by molar-refractivity contribution is 0.659. The quantitative estimate of drug-likeness (QED) is 0.853. The van der Waals surface area contributed by atoms with Crippen LogP contribution in [0, 0.1) is 6.92 Å². The van der Waals surface area contributed by atoms with E-state index in [1.165, 1.54) is 41.9 Å². The fourth-order valence-corrected chi connectivity index (χ4v) is 4.61. The highest BCUT2D eigenvalue weighted by Gasteiger charge is 2.19. The topological polar surface area (TPSA) is 12.0 Å². The fraction of sp³-hybridized carbons (Fsp3) is 0.692. The van der Waals surface area contributed by atoms with Gasteiger partial charge in [0.1, 0.15) is 0 Å². The van der Waals surface area contributed by atoms with Crippen molar-refractivity contribution in [1.82, 2.24) is 5.32 Å². The molecule has 0 spiro atoms. The summed E-state index contributed by atoms with van der Waals surface area (Å²) in [6.45, 7) is 2.23. The summed E-state index contributed by atoms with van der Waals surface area (Å²) in [7, 11) is 2.08. The molecule has 1 aliphatic rings. The average molecular weight is 255 g/mol. The van der Waals surface area contributed by atoms with Crippen LogP contribution in [0.25, 0.3) is 0 Å². The van der Waals surface area contributed by atoms with E-state index in [0.29, 0.717) is 6.04 Å². The molecule has 1 N–H and O–H groups in total. The molecule has 1 fully saturated rings. The molecule has 16 heavy (non-hydrogen) atoms. The summed E-state index contributed by atoms with van der Waals surface area (Å²) in [6.07, 6.45) is 5.76. The summed E-state index contributed by atoms with van der Waals surface area (Å²) in [5, 5.41) is 6.58. The third-order valence-corrected chi connectivity index (χ3v) is 5.75. The predicted octanol–water partition coefficient (Wildman–Crippen LogP) is 3.99. The molecule has 3 heteroatoms. The van der Waals surface area contributed by atoms with Crippen LogP contribution >= 0.6 is 23.1 Å². The molecule has 1 atom stereocenters. The van der Waals surface area contributed by atoms with Gasteiger partial charge in [0, 0.05) is 21.9 Å². The molecule has 0 saturated heterocycles. The molecule has 1 heterocycles. The molecule has 0 aromatic carbocycles. The fourth-order valence-electron chi connectivity index (χ4n) is 2.37. The van der Waals surface area contributed by atoms with Crippen LogP contribution in [0.4, 0.5) is 0 Å². The molecular weight excluding hydrogens is 234 g/mol. The van der Waals surface area contributed by atoms with Gasteiger partial charge < -0.3 is 5.32 Å². The average Bonchev–Trinajstić information content (AvgIpc) is 2.92. The smallest absolute Gasteiger partial charge is 0.0420 e. The highest BCUT2D eigenvalue weighted by atomic mass is 32.2. The number of hydrogen-bond donors (Lipinski definition) is 1.